The molecule has 1 aliphatic heterocycles. The smallest absolute Gasteiger partial charge is 0.268 e. The standard InChI is InChI=1S/C23H27F2N3O3/c1-4-26(5-2)21(29)16-7-6-11-27(14-16)22(30)20-15(3)10-12-28(23(20)31)19-13-17(24)8-9-18(19)25/h8-10,12-13,16H,4-7,11,14H2,1-3H3. The van der Waals surface area contributed by atoms with E-state index in [0.29, 0.717) is 38.0 Å². The second-order valence-electron chi connectivity index (χ2n) is 7.75. The molecule has 1 atom stereocenters. The highest BCUT2D eigenvalue weighted by Gasteiger charge is 2.32. The van der Waals surface area contributed by atoms with Crippen LogP contribution in [0.25, 0.3) is 5.69 Å². The highest BCUT2D eigenvalue weighted by molar-refractivity contribution is 5.95. The Labute approximate surface area is 180 Å². The molecule has 0 bridgehead atoms. The number of hydrogen-bond acceptors (Lipinski definition) is 3. The van der Waals surface area contributed by atoms with Gasteiger partial charge in [-0.05, 0) is 57.4 Å². The number of piperidine rings is 1. The van der Waals surface area contributed by atoms with Crippen LogP contribution in [0, 0.1) is 24.5 Å². The van der Waals surface area contributed by atoms with Gasteiger partial charge in [-0.1, -0.05) is 0 Å². The van der Waals surface area contributed by atoms with Gasteiger partial charge in [0, 0.05) is 38.4 Å². The third-order valence-corrected chi connectivity index (χ3v) is 5.82. The largest absolute Gasteiger partial charge is 0.343 e. The van der Waals surface area contributed by atoms with Gasteiger partial charge in [-0.15, -0.1) is 0 Å². The molecule has 1 aliphatic rings. The van der Waals surface area contributed by atoms with Crippen LogP contribution < -0.4 is 5.56 Å². The number of aromatic nitrogens is 1. The lowest BCUT2D eigenvalue weighted by Crippen LogP contribution is -2.48. The number of halogens is 2. The van der Waals surface area contributed by atoms with Crippen molar-refractivity contribution in [3.63, 3.8) is 0 Å². The third-order valence-electron chi connectivity index (χ3n) is 5.82. The molecule has 0 N–H and O–H groups in total. The molecule has 2 heterocycles. The molecule has 1 fully saturated rings. The Bertz CT molecular complexity index is 1050. The van der Waals surface area contributed by atoms with Gasteiger partial charge in [0.1, 0.15) is 17.2 Å². The van der Waals surface area contributed by atoms with E-state index in [-0.39, 0.29) is 29.6 Å². The van der Waals surface area contributed by atoms with E-state index in [1.54, 1.807) is 11.8 Å². The molecule has 2 amide bonds. The van der Waals surface area contributed by atoms with Crippen LogP contribution in [0.2, 0.25) is 0 Å². The zero-order valence-corrected chi connectivity index (χ0v) is 18.0. The van der Waals surface area contributed by atoms with Crippen LogP contribution >= 0.6 is 0 Å². The van der Waals surface area contributed by atoms with Crippen molar-refractivity contribution in [2.45, 2.75) is 33.6 Å². The van der Waals surface area contributed by atoms with E-state index in [9.17, 15) is 23.2 Å². The first-order chi connectivity index (χ1) is 14.8. The van der Waals surface area contributed by atoms with E-state index in [1.165, 1.54) is 17.2 Å². The first-order valence-electron chi connectivity index (χ1n) is 10.5. The van der Waals surface area contributed by atoms with Crippen molar-refractivity contribution in [2.75, 3.05) is 26.2 Å². The van der Waals surface area contributed by atoms with Crippen LogP contribution in [0.3, 0.4) is 0 Å². The lowest BCUT2D eigenvalue weighted by molar-refractivity contribution is -0.136. The Morgan fingerprint density at radius 2 is 1.87 bits per heavy atom. The maximum atomic E-state index is 14.2. The minimum absolute atomic E-state index is 0.00604. The summed E-state index contributed by atoms with van der Waals surface area (Å²) in [7, 11) is 0. The van der Waals surface area contributed by atoms with Crippen LogP contribution in [0.15, 0.2) is 35.3 Å². The zero-order chi connectivity index (χ0) is 22.7. The number of rotatable bonds is 5. The van der Waals surface area contributed by atoms with Crippen molar-refractivity contribution in [3.05, 3.63) is 63.6 Å². The number of likely N-dealkylation sites (tertiary alicyclic amines) is 1. The molecule has 1 aromatic heterocycles. The normalized spacial score (nSPS) is 16.3. The van der Waals surface area contributed by atoms with Gasteiger partial charge in [-0.3, -0.25) is 19.0 Å². The van der Waals surface area contributed by atoms with Crippen molar-refractivity contribution >= 4 is 11.8 Å². The molecule has 31 heavy (non-hydrogen) atoms. The van der Waals surface area contributed by atoms with Crippen LogP contribution in [-0.2, 0) is 4.79 Å². The number of amides is 2. The third kappa shape index (κ3) is 4.52. The van der Waals surface area contributed by atoms with Gasteiger partial charge in [-0.25, -0.2) is 8.78 Å². The van der Waals surface area contributed by atoms with Gasteiger partial charge in [0.25, 0.3) is 11.5 Å². The van der Waals surface area contributed by atoms with E-state index in [1.807, 2.05) is 13.8 Å². The fourth-order valence-electron chi connectivity index (χ4n) is 4.06. The van der Waals surface area contributed by atoms with Crippen LogP contribution in [0.4, 0.5) is 8.78 Å². The monoisotopic (exact) mass is 431 g/mol. The Morgan fingerprint density at radius 3 is 2.55 bits per heavy atom. The van der Waals surface area contributed by atoms with Crippen molar-refractivity contribution < 1.29 is 18.4 Å². The van der Waals surface area contributed by atoms with Crippen molar-refractivity contribution in [1.82, 2.24) is 14.4 Å². The molecule has 3 rings (SSSR count). The van der Waals surface area contributed by atoms with Gasteiger partial charge >= 0.3 is 0 Å². The number of carbonyl (C=O) groups is 2. The second-order valence-corrected chi connectivity index (χ2v) is 7.75. The predicted octanol–water partition coefficient (Wildman–Crippen LogP) is 3.14. The molecule has 0 radical (unpaired) electrons. The van der Waals surface area contributed by atoms with E-state index in [4.69, 9.17) is 0 Å². The molecule has 2 aromatic rings. The molecule has 6 nitrogen and oxygen atoms in total. The highest BCUT2D eigenvalue weighted by atomic mass is 19.1. The van der Waals surface area contributed by atoms with E-state index in [0.717, 1.165) is 22.8 Å². The lowest BCUT2D eigenvalue weighted by Gasteiger charge is -2.34. The number of pyridine rings is 1. The average Bonchev–Trinajstić information content (AvgIpc) is 2.76. The lowest BCUT2D eigenvalue weighted by atomic mass is 9.95. The van der Waals surface area contributed by atoms with Gasteiger partial charge in [-0.2, -0.15) is 0 Å². The first-order valence-corrected chi connectivity index (χ1v) is 10.5. The van der Waals surface area contributed by atoms with Gasteiger partial charge in [0.2, 0.25) is 5.91 Å². The van der Waals surface area contributed by atoms with Gasteiger partial charge in [0.15, 0.2) is 0 Å². The quantitative estimate of drug-likeness (QED) is 0.731. The van der Waals surface area contributed by atoms with E-state index < -0.39 is 23.1 Å². The van der Waals surface area contributed by atoms with Gasteiger partial charge < -0.3 is 9.80 Å². The SMILES string of the molecule is CCN(CC)C(=O)C1CCCN(C(=O)c2c(C)ccn(-c3cc(F)ccc3F)c2=O)C1. The highest BCUT2D eigenvalue weighted by Crippen LogP contribution is 2.21. The average molecular weight is 431 g/mol. The molecule has 1 saturated heterocycles. The predicted molar refractivity (Wildman–Crippen MR) is 113 cm³/mol. The van der Waals surface area contributed by atoms with E-state index in [2.05, 4.69) is 0 Å². The van der Waals surface area contributed by atoms with Crippen molar-refractivity contribution in [1.29, 1.82) is 0 Å². The summed E-state index contributed by atoms with van der Waals surface area (Å²) in [5, 5.41) is 0. The number of aryl methyl sites for hydroxylation is 1. The maximum Gasteiger partial charge on any atom is 0.268 e. The molecule has 0 saturated carbocycles. The maximum absolute atomic E-state index is 14.2. The van der Waals surface area contributed by atoms with Gasteiger partial charge in [0.05, 0.1) is 11.6 Å². The molecule has 1 unspecified atom stereocenters. The number of hydrogen-bond donors (Lipinski definition) is 0. The summed E-state index contributed by atoms with van der Waals surface area (Å²) in [6.07, 6.45) is 2.67. The zero-order valence-electron chi connectivity index (χ0n) is 18.0. The molecule has 8 heteroatoms. The second kappa shape index (κ2) is 9.41. The Kier molecular flexibility index (Phi) is 6.87. The topological polar surface area (TPSA) is 62.6 Å². The number of nitrogens with zero attached hydrogens (tertiary/aromatic N) is 3. The van der Waals surface area contributed by atoms with Crippen LogP contribution in [0.5, 0.6) is 0 Å². The molecule has 1 aromatic carbocycles. The summed E-state index contributed by atoms with van der Waals surface area (Å²) in [4.78, 5) is 42.4. The number of benzene rings is 1. The summed E-state index contributed by atoms with van der Waals surface area (Å²) in [5.41, 5.74) is -0.624. The molecule has 0 aliphatic carbocycles. The number of carbonyl (C=O) groups excluding carboxylic acids is 2. The fourth-order valence-corrected chi connectivity index (χ4v) is 4.06. The van der Waals surface area contributed by atoms with Crippen LogP contribution in [0.1, 0.15) is 42.6 Å². The summed E-state index contributed by atoms with van der Waals surface area (Å²) in [6, 6.07) is 4.35. The molecular formula is C23H27F2N3O3. The molecule has 0 spiro atoms. The summed E-state index contributed by atoms with van der Waals surface area (Å²) < 4.78 is 28.8. The van der Waals surface area contributed by atoms with Crippen LogP contribution in [-0.4, -0.2) is 52.4 Å². The minimum Gasteiger partial charge on any atom is -0.343 e. The van der Waals surface area contributed by atoms with Crippen molar-refractivity contribution in [2.24, 2.45) is 5.92 Å². The Hall–Kier alpha value is -3.03. The minimum atomic E-state index is -0.770. The fraction of sp³-hybridized carbons (Fsp3) is 0.435. The summed E-state index contributed by atoms with van der Waals surface area (Å²) in [6.45, 7) is 7.31. The summed E-state index contributed by atoms with van der Waals surface area (Å²) >= 11 is 0. The summed E-state index contributed by atoms with van der Waals surface area (Å²) in [5.74, 6) is -2.26. The molecular weight excluding hydrogens is 404 g/mol. The Morgan fingerprint density at radius 1 is 1.16 bits per heavy atom. The first kappa shape index (κ1) is 22.7. The van der Waals surface area contributed by atoms with Crippen molar-refractivity contribution in [3.8, 4) is 5.69 Å². The van der Waals surface area contributed by atoms with E-state index >= 15 is 0 Å². The Balaban J connectivity index is 1.94. The molecule has 166 valence electrons.